The molecule has 0 aliphatic carbocycles. The van der Waals surface area contributed by atoms with Crippen molar-refractivity contribution in [3.05, 3.63) is 22.7 Å². The van der Waals surface area contributed by atoms with Gasteiger partial charge < -0.3 is 9.84 Å². The molecule has 4 heteroatoms. The molecule has 0 aromatic heterocycles. The van der Waals surface area contributed by atoms with Gasteiger partial charge in [0.15, 0.2) is 5.78 Å². The number of hydrogen-bond donors (Lipinski definition) is 1. The molecule has 0 radical (unpaired) electrons. The van der Waals surface area contributed by atoms with Gasteiger partial charge >= 0.3 is 0 Å². The lowest BCUT2D eigenvalue weighted by Crippen LogP contribution is -2.05. The van der Waals surface area contributed by atoms with E-state index in [1.807, 2.05) is 13.8 Å². The third-order valence-corrected chi connectivity index (χ3v) is 2.45. The highest BCUT2D eigenvalue weighted by atomic mass is 35.5. The maximum atomic E-state index is 11.8. The summed E-state index contributed by atoms with van der Waals surface area (Å²) in [7, 11) is 1.47. The normalized spacial score (nSPS) is 10.6. The van der Waals surface area contributed by atoms with Crippen molar-refractivity contribution in [1.82, 2.24) is 0 Å². The van der Waals surface area contributed by atoms with E-state index in [0.717, 1.165) is 0 Å². The van der Waals surface area contributed by atoms with Crippen molar-refractivity contribution >= 4 is 17.4 Å². The zero-order chi connectivity index (χ0) is 12.3. The van der Waals surface area contributed by atoms with E-state index in [1.165, 1.54) is 19.2 Å². The summed E-state index contributed by atoms with van der Waals surface area (Å²) in [5.74, 6) is 0.379. The highest BCUT2D eigenvalue weighted by molar-refractivity contribution is 6.34. The Morgan fingerprint density at radius 3 is 2.56 bits per heavy atom. The van der Waals surface area contributed by atoms with Crippen LogP contribution in [-0.2, 0) is 0 Å². The topological polar surface area (TPSA) is 46.5 Å². The second kappa shape index (κ2) is 5.21. The smallest absolute Gasteiger partial charge is 0.168 e. The van der Waals surface area contributed by atoms with Gasteiger partial charge in [-0.1, -0.05) is 25.4 Å². The third kappa shape index (κ3) is 2.89. The van der Waals surface area contributed by atoms with Crippen LogP contribution >= 0.6 is 11.6 Å². The largest absolute Gasteiger partial charge is 0.507 e. The molecule has 0 aliphatic heterocycles. The molecule has 3 nitrogen and oxygen atoms in total. The maximum absolute atomic E-state index is 11.8. The first-order chi connectivity index (χ1) is 7.45. The molecule has 1 N–H and O–H groups in total. The zero-order valence-corrected chi connectivity index (χ0v) is 10.3. The number of aromatic hydroxyl groups is 1. The third-order valence-electron chi connectivity index (χ3n) is 2.15. The molecule has 0 saturated heterocycles. The molecule has 0 amide bonds. The second-order valence-corrected chi connectivity index (χ2v) is 4.43. The van der Waals surface area contributed by atoms with Crippen LogP contribution in [0.5, 0.6) is 11.5 Å². The lowest BCUT2D eigenvalue weighted by Gasteiger charge is -2.09. The number of rotatable bonds is 4. The minimum Gasteiger partial charge on any atom is -0.507 e. The Balaban J connectivity index is 3.09. The molecule has 88 valence electrons. The van der Waals surface area contributed by atoms with Crippen LogP contribution in [0.3, 0.4) is 0 Å². The van der Waals surface area contributed by atoms with Crippen molar-refractivity contribution in [2.24, 2.45) is 5.92 Å². The molecular weight excluding hydrogens is 228 g/mol. The van der Waals surface area contributed by atoms with Crippen LogP contribution in [0.4, 0.5) is 0 Å². The molecule has 1 aromatic carbocycles. The van der Waals surface area contributed by atoms with Crippen molar-refractivity contribution in [3.63, 3.8) is 0 Å². The number of carbonyl (C=O) groups is 1. The van der Waals surface area contributed by atoms with E-state index < -0.39 is 0 Å². The summed E-state index contributed by atoms with van der Waals surface area (Å²) in [5.41, 5.74) is 0.177. The minimum atomic E-state index is -0.153. The van der Waals surface area contributed by atoms with E-state index in [1.54, 1.807) is 0 Å². The van der Waals surface area contributed by atoms with E-state index in [4.69, 9.17) is 16.3 Å². The first kappa shape index (κ1) is 12.8. The summed E-state index contributed by atoms with van der Waals surface area (Å²) >= 11 is 5.93. The number of Topliss-reactive ketones (excluding diaryl/α,β-unsaturated/α-hetero) is 1. The quantitative estimate of drug-likeness (QED) is 0.825. The molecule has 0 saturated carbocycles. The van der Waals surface area contributed by atoms with Gasteiger partial charge in [0.1, 0.15) is 11.5 Å². The SMILES string of the molecule is COc1cc(O)c(C(=O)CC(C)C)c(Cl)c1. The minimum absolute atomic E-state index is 0.130. The average molecular weight is 243 g/mol. The number of phenols is 1. The fourth-order valence-electron chi connectivity index (χ4n) is 1.43. The lowest BCUT2D eigenvalue weighted by molar-refractivity contribution is 0.0965. The summed E-state index contributed by atoms with van der Waals surface area (Å²) in [6, 6.07) is 2.91. The van der Waals surface area contributed by atoms with E-state index in [0.29, 0.717) is 12.2 Å². The monoisotopic (exact) mass is 242 g/mol. The van der Waals surface area contributed by atoms with E-state index in [9.17, 15) is 9.90 Å². The molecule has 0 heterocycles. The van der Waals surface area contributed by atoms with Gasteiger partial charge in [-0.15, -0.1) is 0 Å². The van der Waals surface area contributed by atoms with Gasteiger partial charge in [0, 0.05) is 12.5 Å². The van der Waals surface area contributed by atoms with Crippen molar-refractivity contribution in [1.29, 1.82) is 0 Å². The molecule has 0 bridgehead atoms. The Labute approximate surface area is 100.0 Å². The van der Waals surface area contributed by atoms with Crippen LogP contribution < -0.4 is 4.74 Å². The van der Waals surface area contributed by atoms with Crippen LogP contribution in [0.15, 0.2) is 12.1 Å². The van der Waals surface area contributed by atoms with Gasteiger partial charge in [-0.3, -0.25) is 4.79 Å². The van der Waals surface area contributed by atoms with Gasteiger partial charge in [-0.25, -0.2) is 0 Å². The molecule has 1 aromatic rings. The first-order valence-corrected chi connectivity index (χ1v) is 5.43. The summed E-state index contributed by atoms with van der Waals surface area (Å²) in [5, 5.41) is 9.93. The summed E-state index contributed by atoms with van der Waals surface area (Å²) in [6.45, 7) is 3.87. The lowest BCUT2D eigenvalue weighted by atomic mass is 10.0. The molecule has 1 rings (SSSR count). The van der Waals surface area contributed by atoms with Crippen molar-refractivity contribution in [2.75, 3.05) is 7.11 Å². The Hall–Kier alpha value is -1.22. The summed E-state index contributed by atoms with van der Waals surface area (Å²) < 4.78 is 4.94. The summed E-state index contributed by atoms with van der Waals surface area (Å²) in [6.07, 6.45) is 0.361. The number of methoxy groups -OCH3 is 1. The Bertz CT molecular complexity index is 376. The van der Waals surface area contributed by atoms with Gasteiger partial charge in [-0.05, 0) is 12.0 Å². The van der Waals surface area contributed by atoms with Gasteiger partial charge in [-0.2, -0.15) is 0 Å². The Morgan fingerprint density at radius 2 is 2.12 bits per heavy atom. The highest BCUT2D eigenvalue weighted by Gasteiger charge is 2.17. The van der Waals surface area contributed by atoms with Crippen molar-refractivity contribution in [3.8, 4) is 11.5 Å². The standard InChI is InChI=1S/C12H15ClO3/c1-7(2)4-10(14)12-9(13)5-8(16-3)6-11(12)15/h5-7,15H,4H2,1-3H3. The molecule has 0 fully saturated rings. The maximum Gasteiger partial charge on any atom is 0.168 e. The van der Waals surface area contributed by atoms with Crippen LogP contribution in [0.2, 0.25) is 5.02 Å². The molecule has 0 atom stereocenters. The van der Waals surface area contributed by atoms with Crippen molar-refractivity contribution < 1.29 is 14.6 Å². The Kier molecular flexibility index (Phi) is 4.19. The van der Waals surface area contributed by atoms with Gasteiger partial charge in [0.2, 0.25) is 0 Å². The molecule has 0 aliphatic rings. The van der Waals surface area contributed by atoms with Gasteiger partial charge in [0.05, 0.1) is 17.7 Å². The molecule has 0 unspecified atom stereocenters. The Morgan fingerprint density at radius 1 is 1.50 bits per heavy atom. The number of phenolic OH excluding ortho intramolecular Hbond substituents is 1. The number of ether oxygens (including phenoxy) is 1. The van der Waals surface area contributed by atoms with Crippen LogP contribution in [0.25, 0.3) is 0 Å². The fourth-order valence-corrected chi connectivity index (χ4v) is 1.74. The predicted molar refractivity (Wildman–Crippen MR) is 63.5 cm³/mol. The van der Waals surface area contributed by atoms with E-state index in [2.05, 4.69) is 0 Å². The number of carbonyl (C=O) groups excluding carboxylic acids is 1. The van der Waals surface area contributed by atoms with E-state index >= 15 is 0 Å². The van der Waals surface area contributed by atoms with E-state index in [-0.39, 0.29) is 28.0 Å². The zero-order valence-electron chi connectivity index (χ0n) is 9.58. The number of hydrogen-bond acceptors (Lipinski definition) is 3. The fraction of sp³-hybridized carbons (Fsp3) is 0.417. The van der Waals surface area contributed by atoms with Gasteiger partial charge in [0.25, 0.3) is 0 Å². The average Bonchev–Trinajstić information content (AvgIpc) is 2.15. The van der Waals surface area contributed by atoms with Crippen LogP contribution in [0.1, 0.15) is 30.6 Å². The predicted octanol–water partition coefficient (Wildman–Crippen LogP) is 3.28. The summed E-state index contributed by atoms with van der Waals surface area (Å²) in [4.78, 5) is 11.8. The number of halogens is 1. The molecule has 0 spiro atoms. The van der Waals surface area contributed by atoms with Crippen molar-refractivity contribution in [2.45, 2.75) is 20.3 Å². The first-order valence-electron chi connectivity index (χ1n) is 5.05. The molecule has 16 heavy (non-hydrogen) atoms. The second-order valence-electron chi connectivity index (χ2n) is 4.02. The number of benzene rings is 1. The number of ketones is 1. The van der Waals surface area contributed by atoms with Crippen LogP contribution in [-0.4, -0.2) is 18.0 Å². The molecular formula is C12H15ClO3. The highest BCUT2D eigenvalue weighted by Crippen LogP contribution is 2.32. The van der Waals surface area contributed by atoms with Crippen LogP contribution in [0, 0.1) is 5.92 Å².